The normalized spacial score (nSPS) is 13.8. The lowest BCUT2D eigenvalue weighted by Gasteiger charge is -2.21. The molecule has 94 valence electrons. The van der Waals surface area contributed by atoms with Crippen LogP contribution in [0.2, 0.25) is 0 Å². The summed E-state index contributed by atoms with van der Waals surface area (Å²) in [5, 5.41) is 5.81. The molecule has 0 radical (unpaired) electrons. The number of nitrogens with two attached hydrogens (primary N) is 1. The molecular weight excluding hydrogens is 218 g/mol. The average Bonchev–Trinajstić information content (AvgIpc) is 2.30. The SMILES string of the molecule is COC(C)C(C)Nc1ccc(NC(N)=O)cc1. The number of primary amides is 1. The molecule has 17 heavy (non-hydrogen) atoms. The van der Waals surface area contributed by atoms with E-state index in [1.165, 1.54) is 0 Å². The Morgan fingerprint density at radius 1 is 1.24 bits per heavy atom. The third-order valence-electron chi connectivity index (χ3n) is 2.62. The number of hydrogen-bond donors (Lipinski definition) is 3. The summed E-state index contributed by atoms with van der Waals surface area (Å²) in [4.78, 5) is 10.6. The highest BCUT2D eigenvalue weighted by molar-refractivity contribution is 5.87. The molecule has 0 aromatic heterocycles. The van der Waals surface area contributed by atoms with E-state index < -0.39 is 6.03 Å². The fourth-order valence-electron chi connectivity index (χ4n) is 1.38. The lowest BCUT2D eigenvalue weighted by atomic mass is 10.2. The molecule has 2 amide bonds. The van der Waals surface area contributed by atoms with Crippen LogP contribution in [0.15, 0.2) is 24.3 Å². The summed E-state index contributed by atoms with van der Waals surface area (Å²) >= 11 is 0. The van der Waals surface area contributed by atoms with Gasteiger partial charge in [-0.25, -0.2) is 4.79 Å². The Bertz CT molecular complexity index is 365. The van der Waals surface area contributed by atoms with E-state index in [0.29, 0.717) is 5.69 Å². The van der Waals surface area contributed by atoms with Crippen molar-refractivity contribution in [3.63, 3.8) is 0 Å². The van der Waals surface area contributed by atoms with Gasteiger partial charge in [-0.15, -0.1) is 0 Å². The van der Waals surface area contributed by atoms with Crippen molar-refractivity contribution in [3.8, 4) is 0 Å². The number of hydrogen-bond acceptors (Lipinski definition) is 3. The van der Waals surface area contributed by atoms with Crippen LogP contribution in [0, 0.1) is 0 Å². The van der Waals surface area contributed by atoms with Crippen molar-refractivity contribution in [1.29, 1.82) is 0 Å². The molecule has 0 heterocycles. The first-order valence-electron chi connectivity index (χ1n) is 5.48. The molecule has 1 rings (SSSR count). The molecule has 5 nitrogen and oxygen atoms in total. The summed E-state index contributed by atoms with van der Waals surface area (Å²) in [7, 11) is 1.68. The predicted molar refractivity (Wildman–Crippen MR) is 69.2 cm³/mol. The van der Waals surface area contributed by atoms with Crippen molar-refractivity contribution < 1.29 is 9.53 Å². The lowest BCUT2D eigenvalue weighted by molar-refractivity contribution is 0.106. The van der Waals surface area contributed by atoms with Crippen LogP contribution in [-0.4, -0.2) is 25.3 Å². The summed E-state index contributed by atoms with van der Waals surface area (Å²) in [6, 6.07) is 6.98. The van der Waals surface area contributed by atoms with Crippen molar-refractivity contribution in [3.05, 3.63) is 24.3 Å². The Labute approximate surface area is 101 Å². The van der Waals surface area contributed by atoms with Gasteiger partial charge < -0.3 is 21.1 Å². The number of methoxy groups -OCH3 is 1. The van der Waals surface area contributed by atoms with Crippen LogP contribution in [0.1, 0.15) is 13.8 Å². The topological polar surface area (TPSA) is 76.4 Å². The molecule has 0 aliphatic heterocycles. The number of ether oxygens (including phenoxy) is 1. The van der Waals surface area contributed by atoms with Gasteiger partial charge in [-0.1, -0.05) is 0 Å². The number of anilines is 2. The van der Waals surface area contributed by atoms with Crippen LogP contribution in [0.25, 0.3) is 0 Å². The average molecular weight is 237 g/mol. The molecule has 0 saturated carbocycles. The monoisotopic (exact) mass is 237 g/mol. The molecule has 0 bridgehead atoms. The predicted octanol–water partition coefficient (Wildman–Crippen LogP) is 2.01. The van der Waals surface area contributed by atoms with Crippen molar-refractivity contribution in [2.45, 2.75) is 26.0 Å². The third-order valence-corrected chi connectivity index (χ3v) is 2.62. The smallest absolute Gasteiger partial charge is 0.316 e. The number of benzene rings is 1. The van der Waals surface area contributed by atoms with E-state index in [1.807, 2.05) is 26.0 Å². The number of carbonyl (C=O) groups excluding carboxylic acids is 1. The van der Waals surface area contributed by atoms with Gasteiger partial charge in [-0.2, -0.15) is 0 Å². The molecule has 2 atom stereocenters. The van der Waals surface area contributed by atoms with Crippen molar-refractivity contribution in [1.82, 2.24) is 0 Å². The largest absolute Gasteiger partial charge is 0.380 e. The summed E-state index contributed by atoms with van der Waals surface area (Å²) in [6.45, 7) is 4.05. The second-order valence-electron chi connectivity index (χ2n) is 3.94. The van der Waals surface area contributed by atoms with Crippen LogP contribution in [-0.2, 0) is 4.74 Å². The van der Waals surface area contributed by atoms with E-state index in [1.54, 1.807) is 19.2 Å². The number of carbonyl (C=O) groups is 1. The minimum atomic E-state index is -0.563. The van der Waals surface area contributed by atoms with E-state index in [0.717, 1.165) is 5.69 Å². The summed E-state index contributed by atoms with van der Waals surface area (Å²) < 4.78 is 5.22. The Morgan fingerprint density at radius 2 is 1.76 bits per heavy atom. The highest BCUT2D eigenvalue weighted by Gasteiger charge is 2.10. The van der Waals surface area contributed by atoms with Gasteiger partial charge in [0.05, 0.1) is 6.10 Å². The van der Waals surface area contributed by atoms with Gasteiger partial charge in [-0.3, -0.25) is 0 Å². The summed E-state index contributed by atoms with van der Waals surface area (Å²) in [6.07, 6.45) is 0.124. The van der Waals surface area contributed by atoms with Gasteiger partial charge in [0.25, 0.3) is 0 Å². The first-order valence-corrected chi connectivity index (χ1v) is 5.48. The van der Waals surface area contributed by atoms with Gasteiger partial charge in [0.1, 0.15) is 0 Å². The highest BCUT2D eigenvalue weighted by atomic mass is 16.5. The Hall–Kier alpha value is -1.75. The minimum absolute atomic E-state index is 0.124. The van der Waals surface area contributed by atoms with Crippen LogP contribution in [0.5, 0.6) is 0 Å². The zero-order valence-corrected chi connectivity index (χ0v) is 10.4. The van der Waals surface area contributed by atoms with Gasteiger partial charge in [-0.05, 0) is 38.1 Å². The number of urea groups is 1. The molecular formula is C12H19N3O2. The van der Waals surface area contributed by atoms with Gasteiger partial charge in [0.15, 0.2) is 0 Å². The number of amides is 2. The maximum Gasteiger partial charge on any atom is 0.316 e. The molecule has 0 aliphatic carbocycles. The molecule has 4 N–H and O–H groups in total. The molecule has 0 fully saturated rings. The first kappa shape index (κ1) is 13.3. The molecule has 1 aromatic carbocycles. The van der Waals surface area contributed by atoms with Crippen molar-refractivity contribution >= 4 is 17.4 Å². The van der Waals surface area contributed by atoms with E-state index >= 15 is 0 Å². The number of nitrogens with one attached hydrogen (secondary N) is 2. The second-order valence-corrected chi connectivity index (χ2v) is 3.94. The fraction of sp³-hybridized carbons (Fsp3) is 0.417. The molecule has 2 unspecified atom stereocenters. The van der Waals surface area contributed by atoms with E-state index in [9.17, 15) is 4.79 Å². The Morgan fingerprint density at radius 3 is 2.24 bits per heavy atom. The quantitative estimate of drug-likeness (QED) is 0.733. The maximum absolute atomic E-state index is 10.6. The zero-order chi connectivity index (χ0) is 12.8. The van der Waals surface area contributed by atoms with Crippen LogP contribution in [0.3, 0.4) is 0 Å². The lowest BCUT2D eigenvalue weighted by Crippen LogP contribution is -2.29. The highest BCUT2D eigenvalue weighted by Crippen LogP contribution is 2.15. The van der Waals surface area contributed by atoms with Gasteiger partial charge in [0.2, 0.25) is 0 Å². The van der Waals surface area contributed by atoms with Crippen molar-refractivity contribution in [2.24, 2.45) is 5.73 Å². The summed E-state index contributed by atoms with van der Waals surface area (Å²) in [5.74, 6) is 0. The van der Waals surface area contributed by atoms with E-state index in [4.69, 9.17) is 10.5 Å². The third kappa shape index (κ3) is 4.32. The maximum atomic E-state index is 10.6. The standard InChI is InChI=1S/C12H19N3O2/c1-8(9(2)17-3)14-10-4-6-11(7-5-10)15-12(13)16/h4-9,14H,1-3H3,(H3,13,15,16). The second kappa shape index (κ2) is 6.10. The van der Waals surface area contributed by atoms with Crippen LogP contribution < -0.4 is 16.4 Å². The summed E-state index contributed by atoms with van der Waals surface area (Å²) in [5.41, 5.74) is 6.66. The van der Waals surface area contributed by atoms with Crippen LogP contribution in [0.4, 0.5) is 16.2 Å². The van der Waals surface area contributed by atoms with Gasteiger partial charge >= 0.3 is 6.03 Å². The van der Waals surface area contributed by atoms with Crippen molar-refractivity contribution in [2.75, 3.05) is 17.7 Å². The Balaban J connectivity index is 2.59. The van der Waals surface area contributed by atoms with Gasteiger partial charge in [0, 0.05) is 24.5 Å². The minimum Gasteiger partial charge on any atom is -0.380 e. The fourth-order valence-corrected chi connectivity index (χ4v) is 1.38. The molecule has 5 heteroatoms. The van der Waals surface area contributed by atoms with E-state index in [-0.39, 0.29) is 12.1 Å². The van der Waals surface area contributed by atoms with Crippen LogP contribution >= 0.6 is 0 Å². The molecule has 0 spiro atoms. The molecule has 0 saturated heterocycles. The molecule has 0 aliphatic rings. The molecule has 1 aromatic rings. The van der Waals surface area contributed by atoms with E-state index in [2.05, 4.69) is 10.6 Å². The first-order chi connectivity index (χ1) is 8.02. The Kier molecular flexibility index (Phi) is 4.78. The number of rotatable bonds is 5. The zero-order valence-electron chi connectivity index (χ0n) is 10.4.